The van der Waals surface area contributed by atoms with E-state index in [-0.39, 0.29) is 5.54 Å². The maximum absolute atomic E-state index is 4.32. The lowest BCUT2D eigenvalue weighted by Gasteiger charge is -2.20. The smallest absolute Gasteiger partial charge is 0.193 e. The number of rotatable bonds is 3. The van der Waals surface area contributed by atoms with E-state index < -0.39 is 0 Å². The molecule has 16 heavy (non-hydrogen) atoms. The molecule has 86 valence electrons. The molecule has 0 saturated heterocycles. The lowest BCUT2D eigenvalue weighted by Crippen LogP contribution is -2.35. The van der Waals surface area contributed by atoms with Crippen molar-refractivity contribution in [1.29, 1.82) is 0 Å². The predicted octanol–water partition coefficient (Wildman–Crippen LogP) is 2.82. The third-order valence-electron chi connectivity index (χ3n) is 2.26. The first-order valence-electron chi connectivity index (χ1n) is 5.37. The number of thiazole rings is 1. The molecule has 0 radical (unpaired) electrons. The third-order valence-corrected chi connectivity index (χ3v) is 3.03. The molecule has 0 spiro atoms. The molecule has 3 nitrogen and oxygen atoms in total. The molecule has 0 aliphatic carbocycles. The molecule has 0 aliphatic rings. The van der Waals surface area contributed by atoms with Crippen LogP contribution in [0.1, 0.15) is 26.5 Å². The van der Waals surface area contributed by atoms with Crippen molar-refractivity contribution in [3.63, 3.8) is 0 Å². The van der Waals surface area contributed by atoms with Crippen molar-refractivity contribution in [2.45, 2.75) is 32.9 Å². The van der Waals surface area contributed by atoms with E-state index in [4.69, 9.17) is 0 Å². The molecule has 0 bridgehead atoms. The Morgan fingerprint density at radius 3 is 2.88 bits per heavy atom. The fourth-order valence-corrected chi connectivity index (χ4v) is 2.09. The predicted molar refractivity (Wildman–Crippen MR) is 68.0 cm³/mol. The van der Waals surface area contributed by atoms with Gasteiger partial charge in [-0.15, -0.1) is 11.3 Å². The average Bonchev–Trinajstić information content (AvgIpc) is 2.84. The summed E-state index contributed by atoms with van der Waals surface area (Å²) in [5.74, 6) is 0. The number of nitrogens with one attached hydrogen (secondary N) is 1. The molecule has 0 atom stereocenters. The SMILES string of the molecule is CC(C)(C)NCc1cccn1-c1nccs1. The number of nitrogens with zero attached hydrogens (tertiary/aromatic N) is 2. The lowest BCUT2D eigenvalue weighted by atomic mass is 10.1. The Hall–Kier alpha value is -1.13. The summed E-state index contributed by atoms with van der Waals surface area (Å²) in [7, 11) is 0. The van der Waals surface area contributed by atoms with Crippen molar-refractivity contribution < 1.29 is 0 Å². The van der Waals surface area contributed by atoms with Gasteiger partial charge in [-0.3, -0.25) is 4.57 Å². The average molecular weight is 235 g/mol. The van der Waals surface area contributed by atoms with E-state index in [0.717, 1.165) is 11.7 Å². The minimum atomic E-state index is 0.137. The highest BCUT2D eigenvalue weighted by atomic mass is 32.1. The Bertz CT molecular complexity index is 437. The molecule has 2 rings (SSSR count). The Morgan fingerprint density at radius 1 is 1.44 bits per heavy atom. The lowest BCUT2D eigenvalue weighted by molar-refractivity contribution is 0.419. The molecule has 0 aromatic carbocycles. The maximum Gasteiger partial charge on any atom is 0.193 e. The molecule has 0 fully saturated rings. The number of hydrogen-bond acceptors (Lipinski definition) is 3. The molecule has 0 aliphatic heterocycles. The van der Waals surface area contributed by atoms with E-state index in [9.17, 15) is 0 Å². The van der Waals surface area contributed by atoms with Crippen LogP contribution >= 0.6 is 11.3 Å². The van der Waals surface area contributed by atoms with Crippen LogP contribution in [0.2, 0.25) is 0 Å². The molecular formula is C12H17N3S. The third kappa shape index (κ3) is 2.71. The van der Waals surface area contributed by atoms with Gasteiger partial charge in [0, 0.05) is 35.6 Å². The number of hydrogen-bond donors (Lipinski definition) is 1. The highest BCUT2D eigenvalue weighted by Gasteiger charge is 2.11. The second kappa shape index (κ2) is 4.39. The van der Waals surface area contributed by atoms with E-state index in [1.807, 2.05) is 11.6 Å². The van der Waals surface area contributed by atoms with E-state index >= 15 is 0 Å². The van der Waals surface area contributed by atoms with Crippen molar-refractivity contribution in [3.8, 4) is 5.13 Å². The summed E-state index contributed by atoms with van der Waals surface area (Å²) in [6.45, 7) is 7.37. The standard InChI is InChI=1S/C12H17N3S/c1-12(2,3)14-9-10-5-4-7-15(10)11-13-6-8-16-11/h4-8,14H,9H2,1-3H3. The van der Waals surface area contributed by atoms with Crippen molar-refractivity contribution in [1.82, 2.24) is 14.9 Å². The Kier molecular flexibility index (Phi) is 3.12. The molecule has 2 heterocycles. The zero-order chi connectivity index (χ0) is 11.6. The van der Waals surface area contributed by atoms with Crippen LogP contribution < -0.4 is 5.32 Å². The fourth-order valence-electron chi connectivity index (χ4n) is 1.44. The van der Waals surface area contributed by atoms with Gasteiger partial charge in [0.1, 0.15) is 0 Å². The van der Waals surface area contributed by atoms with E-state index in [0.29, 0.717) is 0 Å². The maximum atomic E-state index is 4.32. The summed E-state index contributed by atoms with van der Waals surface area (Å²) in [6.07, 6.45) is 3.89. The van der Waals surface area contributed by atoms with Gasteiger partial charge in [-0.1, -0.05) is 0 Å². The first-order valence-corrected chi connectivity index (χ1v) is 6.25. The van der Waals surface area contributed by atoms with Crippen molar-refractivity contribution >= 4 is 11.3 Å². The second-order valence-corrected chi connectivity index (χ2v) is 5.66. The van der Waals surface area contributed by atoms with E-state index in [2.05, 4.69) is 54.0 Å². The zero-order valence-electron chi connectivity index (χ0n) is 9.90. The second-order valence-electron chi connectivity index (χ2n) is 4.79. The van der Waals surface area contributed by atoms with Crippen molar-refractivity contribution in [3.05, 3.63) is 35.6 Å². The van der Waals surface area contributed by atoms with Gasteiger partial charge in [-0.2, -0.15) is 0 Å². The summed E-state index contributed by atoms with van der Waals surface area (Å²) in [5, 5.41) is 6.50. The van der Waals surface area contributed by atoms with Crippen LogP contribution in [-0.2, 0) is 6.54 Å². The molecule has 0 saturated carbocycles. The Balaban J connectivity index is 2.14. The quantitative estimate of drug-likeness (QED) is 0.886. The van der Waals surface area contributed by atoms with Crippen LogP contribution in [0.25, 0.3) is 5.13 Å². The van der Waals surface area contributed by atoms with Crippen LogP contribution in [0.4, 0.5) is 0 Å². The van der Waals surface area contributed by atoms with Gasteiger partial charge < -0.3 is 5.32 Å². The molecule has 2 aromatic heterocycles. The Morgan fingerprint density at radius 2 is 2.25 bits per heavy atom. The van der Waals surface area contributed by atoms with Gasteiger partial charge in [0.15, 0.2) is 5.13 Å². The van der Waals surface area contributed by atoms with Gasteiger partial charge in [-0.05, 0) is 32.9 Å². The Labute approximate surface area is 100 Å². The highest BCUT2D eigenvalue weighted by molar-refractivity contribution is 7.12. The topological polar surface area (TPSA) is 29.9 Å². The normalized spacial score (nSPS) is 11.9. The first kappa shape index (κ1) is 11.4. The monoisotopic (exact) mass is 235 g/mol. The molecule has 0 unspecified atom stereocenters. The summed E-state index contributed by atoms with van der Waals surface area (Å²) in [6, 6.07) is 4.18. The van der Waals surface area contributed by atoms with Gasteiger partial charge in [-0.25, -0.2) is 4.98 Å². The largest absolute Gasteiger partial charge is 0.307 e. The van der Waals surface area contributed by atoms with Crippen LogP contribution in [0.15, 0.2) is 29.9 Å². The summed E-state index contributed by atoms with van der Waals surface area (Å²) >= 11 is 1.65. The van der Waals surface area contributed by atoms with Crippen molar-refractivity contribution in [2.24, 2.45) is 0 Å². The van der Waals surface area contributed by atoms with E-state index in [1.54, 1.807) is 11.3 Å². The molecule has 2 aromatic rings. The van der Waals surface area contributed by atoms with Crippen LogP contribution in [0.5, 0.6) is 0 Å². The van der Waals surface area contributed by atoms with E-state index in [1.165, 1.54) is 5.69 Å². The summed E-state index contributed by atoms with van der Waals surface area (Å²) < 4.78 is 2.13. The highest BCUT2D eigenvalue weighted by Crippen LogP contribution is 2.15. The van der Waals surface area contributed by atoms with Crippen LogP contribution in [0, 0.1) is 0 Å². The van der Waals surface area contributed by atoms with Gasteiger partial charge in [0.2, 0.25) is 0 Å². The van der Waals surface area contributed by atoms with Crippen molar-refractivity contribution in [2.75, 3.05) is 0 Å². The van der Waals surface area contributed by atoms with Crippen LogP contribution in [-0.4, -0.2) is 15.1 Å². The molecule has 1 N–H and O–H groups in total. The van der Waals surface area contributed by atoms with Gasteiger partial charge >= 0.3 is 0 Å². The fraction of sp³-hybridized carbons (Fsp3) is 0.417. The molecule has 4 heteroatoms. The summed E-state index contributed by atoms with van der Waals surface area (Å²) in [4.78, 5) is 4.32. The zero-order valence-corrected chi connectivity index (χ0v) is 10.7. The first-order chi connectivity index (χ1) is 7.56. The summed E-state index contributed by atoms with van der Waals surface area (Å²) in [5.41, 5.74) is 1.38. The van der Waals surface area contributed by atoms with Gasteiger partial charge in [0.05, 0.1) is 0 Å². The minimum absolute atomic E-state index is 0.137. The minimum Gasteiger partial charge on any atom is -0.307 e. The molecule has 0 amide bonds. The number of aromatic nitrogens is 2. The van der Waals surface area contributed by atoms with Crippen LogP contribution in [0.3, 0.4) is 0 Å². The van der Waals surface area contributed by atoms with Gasteiger partial charge in [0.25, 0.3) is 0 Å². The molecular weight excluding hydrogens is 218 g/mol.